The van der Waals surface area contributed by atoms with Gasteiger partial charge in [-0.1, -0.05) is 11.6 Å². The van der Waals surface area contributed by atoms with Crippen LogP contribution < -0.4 is 34.0 Å². The minimum absolute atomic E-state index is 0. The minimum atomic E-state index is 0. The van der Waals surface area contributed by atoms with Gasteiger partial charge in [-0.15, -0.1) is 5.73 Å². The first-order chi connectivity index (χ1) is 3.39. The summed E-state index contributed by atoms with van der Waals surface area (Å²) in [5, 5.41) is 0. The van der Waals surface area contributed by atoms with Gasteiger partial charge in [-0.05, 0) is 19.1 Å². The van der Waals surface area contributed by atoms with Crippen molar-refractivity contribution in [1.29, 1.82) is 0 Å². The van der Waals surface area contributed by atoms with Gasteiger partial charge in [-0.2, -0.15) is 0 Å². The van der Waals surface area contributed by atoms with Crippen molar-refractivity contribution in [2.45, 2.75) is 6.92 Å². The second-order valence-corrected chi connectivity index (χ2v) is 1.58. The molecule has 0 saturated heterocycles. The summed E-state index contributed by atoms with van der Waals surface area (Å²) in [7, 11) is 0. The Balaban J connectivity index is -0.000000163. The van der Waals surface area contributed by atoms with Gasteiger partial charge in [-0.3, -0.25) is 0 Å². The van der Waals surface area contributed by atoms with E-state index in [9.17, 15) is 0 Å². The molecule has 0 amide bonds. The standard InChI is InChI=1S/C7H7.Bi.2BrH/c1-7-5-3-2-4-6-7;;;/h3-6H,1H3;;2*1H/q;+2;;/p-2. The van der Waals surface area contributed by atoms with Crippen LogP contribution in [0, 0.1) is 6.42 Å². The Bertz CT molecular complexity index is 155. The molecule has 0 aliphatic heterocycles. The largest absolute Gasteiger partial charge is 2.00 e. The SMILES string of the molecule is CC1=CC=C=C[CH]1.[Bi+2].[Br-].[Br-]. The van der Waals surface area contributed by atoms with Gasteiger partial charge in [0, 0.05) is 6.42 Å². The Morgan fingerprint density at radius 1 is 1.20 bits per heavy atom. The smallest absolute Gasteiger partial charge is 1.00 e. The Hall–Kier alpha value is 1.10. The monoisotopic (exact) mass is 458 g/mol. The van der Waals surface area contributed by atoms with Gasteiger partial charge in [0.25, 0.3) is 0 Å². The molecule has 0 bridgehead atoms. The van der Waals surface area contributed by atoms with Crippen molar-refractivity contribution in [2.24, 2.45) is 0 Å². The van der Waals surface area contributed by atoms with Crippen LogP contribution in [0.2, 0.25) is 0 Å². The van der Waals surface area contributed by atoms with Crippen molar-refractivity contribution in [2.75, 3.05) is 0 Å². The number of rotatable bonds is 0. The van der Waals surface area contributed by atoms with Crippen LogP contribution in [0.1, 0.15) is 6.92 Å². The molecule has 4 radical (unpaired) electrons. The van der Waals surface area contributed by atoms with Gasteiger partial charge in [0.1, 0.15) is 0 Å². The maximum Gasteiger partial charge on any atom is 2.00 e. The van der Waals surface area contributed by atoms with Crippen LogP contribution in [0.5, 0.6) is 0 Å². The van der Waals surface area contributed by atoms with Gasteiger partial charge in [0.2, 0.25) is 0 Å². The van der Waals surface area contributed by atoms with E-state index in [1.54, 1.807) is 0 Å². The van der Waals surface area contributed by atoms with Crippen LogP contribution in [0.25, 0.3) is 0 Å². The number of hydrogen-bond donors (Lipinski definition) is 0. The summed E-state index contributed by atoms with van der Waals surface area (Å²) >= 11 is 0. The number of allylic oxidation sites excluding steroid dienone is 3. The van der Waals surface area contributed by atoms with E-state index in [0.717, 1.165) is 0 Å². The van der Waals surface area contributed by atoms with Crippen LogP contribution in [0.15, 0.2) is 29.5 Å². The molecule has 0 unspecified atom stereocenters. The summed E-state index contributed by atoms with van der Waals surface area (Å²) in [4.78, 5) is 0. The van der Waals surface area contributed by atoms with E-state index in [0.29, 0.717) is 0 Å². The average molecular weight is 460 g/mol. The molecule has 0 N–H and O–H groups in total. The van der Waals surface area contributed by atoms with Crippen LogP contribution in [-0.2, 0) is 0 Å². The Morgan fingerprint density at radius 2 is 1.80 bits per heavy atom. The molecular formula is C7H7BiBr2. The fourth-order valence-electron chi connectivity index (χ4n) is 0.470. The zero-order chi connectivity index (χ0) is 5.11. The van der Waals surface area contributed by atoms with E-state index in [4.69, 9.17) is 0 Å². The third-order valence-electron chi connectivity index (χ3n) is 0.885. The van der Waals surface area contributed by atoms with E-state index in [-0.39, 0.29) is 60.2 Å². The summed E-state index contributed by atoms with van der Waals surface area (Å²) in [6.45, 7) is 2.06. The molecule has 0 saturated carbocycles. The molecule has 1 aliphatic rings. The Labute approximate surface area is 102 Å². The van der Waals surface area contributed by atoms with Crippen LogP contribution in [0.4, 0.5) is 0 Å². The van der Waals surface area contributed by atoms with Crippen molar-refractivity contribution in [3.8, 4) is 0 Å². The predicted octanol–water partition coefficient (Wildman–Crippen LogP) is -4.51. The van der Waals surface area contributed by atoms with Crippen molar-refractivity contribution in [3.63, 3.8) is 0 Å². The maximum absolute atomic E-state index is 2.93. The molecular weight excluding hydrogens is 453 g/mol. The third-order valence-corrected chi connectivity index (χ3v) is 0.885. The van der Waals surface area contributed by atoms with E-state index >= 15 is 0 Å². The van der Waals surface area contributed by atoms with Crippen molar-refractivity contribution < 1.29 is 34.0 Å². The molecule has 0 aromatic carbocycles. The molecule has 0 nitrogen and oxygen atoms in total. The molecule has 0 atom stereocenters. The number of hydrogen-bond acceptors (Lipinski definition) is 0. The summed E-state index contributed by atoms with van der Waals surface area (Å²) < 4.78 is 0. The second kappa shape index (κ2) is 10.1. The molecule has 54 valence electrons. The first kappa shape index (κ1) is 17.3. The molecule has 3 heteroatoms. The molecule has 0 aromatic heterocycles. The number of halogens is 2. The molecule has 0 fully saturated rings. The molecule has 1 aliphatic carbocycles. The van der Waals surface area contributed by atoms with Crippen molar-refractivity contribution >= 4 is 26.2 Å². The van der Waals surface area contributed by atoms with E-state index in [1.165, 1.54) is 5.57 Å². The molecule has 0 heterocycles. The first-order valence-electron chi connectivity index (χ1n) is 2.32. The zero-order valence-electron chi connectivity index (χ0n) is 5.51. The van der Waals surface area contributed by atoms with Gasteiger partial charge >= 0.3 is 26.2 Å². The molecule has 1 rings (SSSR count). The predicted molar refractivity (Wildman–Crippen MR) is 36.5 cm³/mol. The maximum atomic E-state index is 2.93. The fraction of sp³-hybridized carbons (Fsp3) is 0.143. The molecule has 0 aromatic rings. The normalized spacial score (nSPS) is 11.9. The summed E-state index contributed by atoms with van der Waals surface area (Å²) in [6.07, 6.45) is 7.88. The quantitative estimate of drug-likeness (QED) is 0.253. The molecule has 10 heavy (non-hydrogen) atoms. The second-order valence-electron chi connectivity index (χ2n) is 1.58. The summed E-state index contributed by atoms with van der Waals surface area (Å²) in [5.41, 5.74) is 4.22. The van der Waals surface area contributed by atoms with E-state index in [2.05, 4.69) is 12.7 Å². The Morgan fingerprint density at radius 3 is 2.00 bits per heavy atom. The van der Waals surface area contributed by atoms with E-state index < -0.39 is 0 Å². The topological polar surface area (TPSA) is 0 Å². The van der Waals surface area contributed by atoms with Crippen molar-refractivity contribution in [1.82, 2.24) is 0 Å². The van der Waals surface area contributed by atoms with Crippen LogP contribution in [-0.4, -0.2) is 26.2 Å². The van der Waals surface area contributed by atoms with Crippen LogP contribution in [0.3, 0.4) is 0 Å². The Kier molecular flexibility index (Phi) is 17.4. The fourth-order valence-corrected chi connectivity index (χ4v) is 0.470. The van der Waals surface area contributed by atoms with Crippen LogP contribution >= 0.6 is 0 Å². The summed E-state index contributed by atoms with van der Waals surface area (Å²) in [6, 6.07) is 0. The molecule has 0 spiro atoms. The zero-order valence-corrected chi connectivity index (χ0v) is 12.2. The van der Waals surface area contributed by atoms with Gasteiger partial charge in [0.05, 0.1) is 0 Å². The average Bonchev–Trinajstić information content (AvgIpc) is 1.69. The minimum Gasteiger partial charge on any atom is -1.00 e. The van der Waals surface area contributed by atoms with Gasteiger partial charge in [0.15, 0.2) is 0 Å². The third kappa shape index (κ3) is 7.21. The summed E-state index contributed by atoms with van der Waals surface area (Å²) in [5.74, 6) is 0. The first-order valence-corrected chi connectivity index (χ1v) is 2.32. The van der Waals surface area contributed by atoms with Gasteiger partial charge < -0.3 is 34.0 Å². The van der Waals surface area contributed by atoms with Crippen molar-refractivity contribution in [3.05, 3.63) is 36.0 Å². The van der Waals surface area contributed by atoms with E-state index in [1.807, 2.05) is 24.6 Å². The van der Waals surface area contributed by atoms with Gasteiger partial charge in [-0.25, -0.2) is 0 Å².